The molecule has 0 aromatic heterocycles. The lowest BCUT2D eigenvalue weighted by Crippen LogP contribution is -2.18. The number of rotatable bonds is 8. The maximum absolute atomic E-state index is 12.1. The highest BCUT2D eigenvalue weighted by Crippen LogP contribution is 2.28. The summed E-state index contributed by atoms with van der Waals surface area (Å²) < 4.78 is 17.6. The van der Waals surface area contributed by atoms with Gasteiger partial charge in [-0.2, -0.15) is 0 Å². The molecule has 0 radical (unpaired) electrons. The second kappa shape index (κ2) is 10.9. The van der Waals surface area contributed by atoms with Gasteiger partial charge < -0.3 is 14.2 Å². The second-order valence-electron chi connectivity index (χ2n) is 6.23. The molecule has 5 nitrogen and oxygen atoms in total. The molecule has 0 atom stereocenters. The van der Waals surface area contributed by atoms with Crippen molar-refractivity contribution in [3.05, 3.63) is 92.9 Å². The van der Waals surface area contributed by atoms with E-state index in [4.69, 9.17) is 14.2 Å². The van der Waals surface area contributed by atoms with Gasteiger partial charge in [-0.15, -0.1) is 0 Å². The Hall–Kier alpha value is -2.64. The number of hydrogen-bond donors (Lipinski definition) is 0. The summed E-state index contributed by atoms with van der Waals surface area (Å²) in [4.78, 5) is 24.1. The van der Waals surface area contributed by atoms with Gasteiger partial charge in [0.2, 0.25) is 0 Å². The van der Waals surface area contributed by atoms with E-state index in [0.29, 0.717) is 30.1 Å². The Labute approximate surface area is 191 Å². The Bertz CT molecular complexity index is 1000. The number of halogens is 2. The minimum Gasteiger partial charge on any atom is -0.481 e. The van der Waals surface area contributed by atoms with Gasteiger partial charge in [0.25, 0.3) is 0 Å². The summed E-state index contributed by atoms with van der Waals surface area (Å²) in [6.45, 7) is 0.0477. The van der Waals surface area contributed by atoms with Crippen molar-refractivity contribution in [1.29, 1.82) is 0 Å². The van der Waals surface area contributed by atoms with E-state index >= 15 is 0 Å². The smallest absolute Gasteiger partial charge is 0.349 e. The summed E-state index contributed by atoms with van der Waals surface area (Å²) in [6, 6.07) is 21.4. The monoisotopic (exact) mass is 532 g/mol. The summed E-state index contributed by atoms with van der Waals surface area (Å²) >= 11 is 6.72. The molecule has 0 heterocycles. The fourth-order valence-corrected chi connectivity index (χ4v) is 3.70. The molecule has 0 bridgehead atoms. The summed E-state index contributed by atoms with van der Waals surface area (Å²) in [5.41, 5.74) is 1.49. The van der Waals surface area contributed by atoms with Crippen LogP contribution >= 0.6 is 31.9 Å². The molecule has 0 fully saturated rings. The summed E-state index contributed by atoms with van der Waals surface area (Å²) in [7, 11) is 0. The standard InChI is InChI=1S/C23H18Br2O5/c24-18-8-11-21(20(25)14-18)29-15-22(26)30-19-9-6-17(7-10-19)23(27)28-13-12-16-4-2-1-3-5-16/h1-11,14H,12-13,15H2. The minimum absolute atomic E-state index is 0.247. The topological polar surface area (TPSA) is 61.8 Å². The minimum atomic E-state index is -0.553. The molecule has 0 amide bonds. The zero-order valence-electron chi connectivity index (χ0n) is 15.8. The number of esters is 2. The SMILES string of the molecule is O=C(COc1ccc(Br)cc1Br)Oc1ccc(C(=O)OCCc2ccccc2)cc1. The van der Waals surface area contributed by atoms with Crippen LogP contribution in [0.5, 0.6) is 11.5 Å². The summed E-state index contributed by atoms with van der Waals surface area (Å²) in [5, 5.41) is 0. The van der Waals surface area contributed by atoms with E-state index in [2.05, 4.69) is 31.9 Å². The number of carbonyl (C=O) groups is 2. The molecule has 0 aliphatic heterocycles. The van der Waals surface area contributed by atoms with Gasteiger partial charge in [-0.25, -0.2) is 9.59 Å². The first-order valence-electron chi connectivity index (χ1n) is 9.11. The van der Waals surface area contributed by atoms with Crippen molar-refractivity contribution in [1.82, 2.24) is 0 Å². The zero-order chi connectivity index (χ0) is 21.3. The third-order valence-electron chi connectivity index (χ3n) is 4.03. The molecule has 0 N–H and O–H groups in total. The van der Waals surface area contributed by atoms with Gasteiger partial charge in [-0.1, -0.05) is 46.3 Å². The first-order chi connectivity index (χ1) is 14.5. The quantitative estimate of drug-likeness (QED) is 0.279. The molecular weight excluding hydrogens is 516 g/mol. The maximum atomic E-state index is 12.1. The van der Waals surface area contributed by atoms with E-state index in [1.807, 2.05) is 42.5 Å². The lowest BCUT2D eigenvalue weighted by atomic mass is 10.2. The molecule has 3 rings (SSSR count). The second-order valence-corrected chi connectivity index (χ2v) is 8.00. The van der Waals surface area contributed by atoms with Crippen LogP contribution in [0.2, 0.25) is 0 Å². The molecule has 0 saturated heterocycles. The molecule has 0 saturated carbocycles. The van der Waals surface area contributed by atoms with Crippen LogP contribution in [0.4, 0.5) is 0 Å². The Kier molecular flexibility index (Phi) is 8.04. The van der Waals surface area contributed by atoms with Gasteiger partial charge in [-0.3, -0.25) is 0 Å². The van der Waals surface area contributed by atoms with Gasteiger partial charge in [-0.05, 0) is 64.0 Å². The van der Waals surface area contributed by atoms with Gasteiger partial charge in [0.1, 0.15) is 11.5 Å². The highest BCUT2D eigenvalue weighted by atomic mass is 79.9. The third-order valence-corrected chi connectivity index (χ3v) is 5.14. The highest BCUT2D eigenvalue weighted by molar-refractivity contribution is 9.11. The number of ether oxygens (including phenoxy) is 3. The van der Waals surface area contributed by atoms with Crippen molar-refractivity contribution < 1.29 is 23.8 Å². The molecule has 7 heteroatoms. The Morgan fingerprint density at radius 2 is 1.60 bits per heavy atom. The van der Waals surface area contributed by atoms with Crippen molar-refractivity contribution in [3.8, 4) is 11.5 Å². The van der Waals surface area contributed by atoms with Crippen LogP contribution in [0.25, 0.3) is 0 Å². The van der Waals surface area contributed by atoms with Crippen LogP contribution in [0.15, 0.2) is 81.7 Å². The van der Waals surface area contributed by atoms with Crippen molar-refractivity contribution in [2.24, 2.45) is 0 Å². The van der Waals surface area contributed by atoms with E-state index in [0.717, 1.165) is 14.5 Å². The van der Waals surface area contributed by atoms with E-state index in [9.17, 15) is 9.59 Å². The lowest BCUT2D eigenvalue weighted by Gasteiger charge is -2.09. The summed E-state index contributed by atoms with van der Waals surface area (Å²) in [5.74, 6) is -0.127. The van der Waals surface area contributed by atoms with Crippen LogP contribution in [-0.4, -0.2) is 25.2 Å². The van der Waals surface area contributed by atoms with Crippen molar-refractivity contribution in [2.45, 2.75) is 6.42 Å². The van der Waals surface area contributed by atoms with Gasteiger partial charge in [0.15, 0.2) is 6.61 Å². The van der Waals surface area contributed by atoms with Crippen molar-refractivity contribution in [2.75, 3.05) is 13.2 Å². The lowest BCUT2D eigenvalue weighted by molar-refractivity contribution is -0.136. The molecule has 3 aromatic carbocycles. The predicted octanol–water partition coefficient (Wildman–Crippen LogP) is 5.60. The molecular formula is C23H18Br2O5. The number of carbonyl (C=O) groups excluding carboxylic acids is 2. The Morgan fingerprint density at radius 3 is 2.30 bits per heavy atom. The average molecular weight is 534 g/mol. The zero-order valence-corrected chi connectivity index (χ0v) is 19.0. The molecule has 0 unspecified atom stereocenters. The van der Waals surface area contributed by atoms with Crippen molar-refractivity contribution in [3.63, 3.8) is 0 Å². The summed E-state index contributed by atoms with van der Waals surface area (Å²) in [6.07, 6.45) is 0.650. The Balaban J connectivity index is 1.45. The number of benzene rings is 3. The predicted molar refractivity (Wildman–Crippen MR) is 120 cm³/mol. The van der Waals surface area contributed by atoms with E-state index in [1.165, 1.54) is 0 Å². The Morgan fingerprint density at radius 1 is 0.867 bits per heavy atom. The first-order valence-corrected chi connectivity index (χ1v) is 10.7. The number of hydrogen-bond acceptors (Lipinski definition) is 5. The van der Waals surface area contributed by atoms with Gasteiger partial charge >= 0.3 is 11.9 Å². The van der Waals surface area contributed by atoms with Crippen LogP contribution in [0.1, 0.15) is 15.9 Å². The van der Waals surface area contributed by atoms with Crippen LogP contribution < -0.4 is 9.47 Å². The molecule has 3 aromatic rings. The maximum Gasteiger partial charge on any atom is 0.349 e. The van der Waals surface area contributed by atoms with E-state index in [-0.39, 0.29) is 6.61 Å². The van der Waals surface area contributed by atoms with Gasteiger partial charge in [0, 0.05) is 10.9 Å². The molecule has 0 aliphatic rings. The van der Waals surface area contributed by atoms with Crippen LogP contribution in [-0.2, 0) is 16.0 Å². The van der Waals surface area contributed by atoms with E-state index in [1.54, 1.807) is 30.3 Å². The molecule has 0 aliphatic carbocycles. The van der Waals surface area contributed by atoms with Crippen LogP contribution in [0.3, 0.4) is 0 Å². The average Bonchev–Trinajstić information content (AvgIpc) is 2.74. The van der Waals surface area contributed by atoms with Crippen molar-refractivity contribution >= 4 is 43.8 Å². The van der Waals surface area contributed by atoms with Crippen LogP contribution in [0, 0.1) is 0 Å². The third kappa shape index (κ3) is 6.71. The fourth-order valence-electron chi connectivity index (χ4n) is 2.54. The van der Waals surface area contributed by atoms with E-state index < -0.39 is 11.9 Å². The first kappa shape index (κ1) is 22.1. The normalized spacial score (nSPS) is 10.3. The molecule has 0 spiro atoms. The highest BCUT2D eigenvalue weighted by Gasteiger charge is 2.11. The van der Waals surface area contributed by atoms with Gasteiger partial charge in [0.05, 0.1) is 16.6 Å². The molecule has 154 valence electrons. The molecule has 30 heavy (non-hydrogen) atoms. The fraction of sp³-hybridized carbons (Fsp3) is 0.130. The largest absolute Gasteiger partial charge is 0.481 e.